The van der Waals surface area contributed by atoms with Crippen molar-refractivity contribution in [1.82, 2.24) is 5.32 Å². The Hall–Kier alpha value is -1.48. The molecule has 0 bridgehead atoms. The molecule has 14 heteroatoms. The number of hydrogen-bond donors (Lipinski definition) is 9. The van der Waals surface area contributed by atoms with Crippen LogP contribution in [0, 0.1) is 0 Å². The molecule has 0 radical (unpaired) electrons. The van der Waals surface area contributed by atoms with Crippen LogP contribution in [0.2, 0.25) is 0 Å². The topological polar surface area (TPSA) is 226 Å². The third-order valence-corrected chi connectivity index (χ3v) is 12.7. The Bertz CT molecular complexity index is 1200. The molecule has 1 fully saturated rings. The van der Waals surface area contributed by atoms with E-state index in [-0.39, 0.29) is 6.42 Å². The minimum absolute atomic E-state index is 0.253. The molecule has 1 amide bonds. The van der Waals surface area contributed by atoms with Gasteiger partial charge in [0.25, 0.3) is 0 Å². The summed E-state index contributed by atoms with van der Waals surface area (Å²) in [6.45, 7) is 3.71. The zero-order valence-electron chi connectivity index (χ0n) is 38.5. The summed E-state index contributed by atoms with van der Waals surface area (Å²) in [5, 5.41) is 74.5. The lowest BCUT2D eigenvalue weighted by Gasteiger charge is -2.41. The molecule has 0 heterocycles. The lowest BCUT2D eigenvalue weighted by molar-refractivity contribution is -0.220. The summed E-state index contributed by atoms with van der Waals surface area (Å²) < 4.78 is 22.9. The quantitative estimate of drug-likeness (QED) is 0.0160. The van der Waals surface area contributed by atoms with Crippen LogP contribution in [0.3, 0.4) is 0 Å². The van der Waals surface area contributed by atoms with E-state index in [1.54, 1.807) is 6.08 Å². The summed E-state index contributed by atoms with van der Waals surface area (Å²) >= 11 is 0. The van der Waals surface area contributed by atoms with Crippen LogP contribution in [0.1, 0.15) is 200 Å². The molecule has 13 nitrogen and oxygen atoms in total. The molecule has 1 aliphatic rings. The number of allylic oxidation sites excluding steroid dienone is 5. The van der Waals surface area contributed by atoms with Gasteiger partial charge in [0, 0.05) is 0 Å². The van der Waals surface area contributed by atoms with Crippen molar-refractivity contribution in [3.8, 4) is 0 Å². The fourth-order valence-corrected chi connectivity index (χ4v) is 8.65. The third-order valence-electron chi connectivity index (χ3n) is 11.7. The first-order chi connectivity index (χ1) is 29.8. The van der Waals surface area contributed by atoms with Crippen LogP contribution < -0.4 is 5.32 Å². The van der Waals surface area contributed by atoms with E-state index in [1.165, 1.54) is 122 Å². The second-order valence-corrected chi connectivity index (χ2v) is 18.9. The van der Waals surface area contributed by atoms with Gasteiger partial charge in [-0.3, -0.25) is 13.8 Å². The summed E-state index contributed by atoms with van der Waals surface area (Å²) in [4.78, 5) is 23.4. The molecule has 9 N–H and O–H groups in total. The predicted octanol–water partition coefficient (Wildman–Crippen LogP) is 8.53. The van der Waals surface area contributed by atoms with Gasteiger partial charge in [-0.1, -0.05) is 185 Å². The Kier molecular flexibility index (Phi) is 35.6. The predicted molar refractivity (Wildman–Crippen MR) is 247 cm³/mol. The van der Waals surface area contributed by atoms with Crippen molar-refractivity contribution < 1.29 is 59.0 Å². The molecule has 1 aliphatic carbocycles. The minimum Gasteiger partial charge on any atom is -0.393 e. The average Bonchev–Trinajstić information content (AvgIpc) is 3.24. The van der Waals surface area contributed by atoms with Gasteiger partial charge < -0.3 is 46.0 Å². The normalized spacial score (nSPS) is 23.3. The van der Waals surface area contributed by atoms with Gasteiger partial charge in [-0.15, -0.1) is 0 Å². The zero-order chi connectivity index (χ0) is 45.9. The highest BCUT2D eigenvalue weighted by Crippen LogP contribution is 2.47. The first kappa shape index (κ1) is 58.5. The number of nitrogens with one attached hydrogen (secondary N) is 1. The van der Waals surface area contributed by atoms with Crippen molar-refractivity contribution in [2.75, 3.05) is 6.61 Å². The first-order valence-electron chi connectivity index (χ1n) is 24.5. The van der Waals surface area contributed by atoms with Gasteiger partial charge in [-0.2, -0.15) is 0 Å². The number of carbonyl (C=O) groups is 1. The van der Waals surface area contributed by atoms with Crippen molar-refractivity contribution in [3.05, 3.63) is 36.5 Å². The number of aliphatic hydroxyl groups excluding tert-OH is 7. The van der Waals surface area contributed by atoms with Crippen molar-refractivity contribution >= 4 is 13.7 Å². The molecule has 0 aliphatic heterocycles. The monoisotopic (exact) mass is 904 g/mol. The number of amides is 1. The van der Waals surface area contributed by atoms with Crippen LogP contribution in [0.25, 0.3) is 0 Å². The Morgan fingerprint density at radius 3 is 1.42 bits per heavy atom. The molecule has 1 saturated carbocycles. The van der Waals surface area contributed by atoms with Crippen LogP contribution >= 0.6 is 7.82 Å². The Morgan fingerprint density at radius 1 is 0.565 bits per heavy atom. The number of phosphoric acid groups is 1. The van der Waals surface area contributed by atoms with Crippen molar-refractivity contribution in [1.29, 1.82) is 0 Å². The van der Waals surface area contributed by atoms with Crippen LogP contribution in [-0.4, -0.2) is 108 Å². The van der Waals surface area contributed by atoms with Gasteiger partial charge in [0.05, 0.1) is 31.3 Å². The molecule has 1 rings (SSSR count). The molecule has 8 unspecified atom stereocenters. The van der Waals surface area contributed by atoms with Crippen LogP contribution in [-0.2, 0) is 18.4 Å². The zero-order valence-corrected chi connectivity index (χ0v) is 39.4. The highest BCUT2D eigenvalue weighted by molar-refractivity contribution is 7.47. The SMILES string of the molecule is CCCCCC/C=C/CC/C=C/CC/C=C/C(O)C(COP(=O)(O)OC1C(O)C(O)C(O)C(O)C1O)NC(=O)CC(O)CCCCCCCCCCCCCCCCCCCC. The van der Waals surface area contributed by atoms with Crippen LogP contribution in [0.4, 0.5) is 0 Å². The average molecular weight is 904 g/mol. The largest absolute Gasteiger partial charge is 0.472 e. The van der Waals surface area contributed by atoms with Gasteiger partial charge >= 0.3 is 7.82 Å². The van der Waals surface area contributed by atoms with Gasteiger partial charge in [0.1, 0.15) is 36.6 Å². The highest BCUT2D eigenvalue weighted by Gasteiger charge is 2.51. The van der Waals surface area contributed by atoms with E-state index in [0.29, 0.717) is 19.3 Å². The number of unbranched alkanes of at least 4 members (excludes halogenated alkanes) is 23. The Balaban J connectivity index is 2.52. The lowest BCUT2D eigenvalue weighted by atomic mass is 9.85. The van der Waals surface area contributed by atoms with Crippen molar-refractivity contribution in [3.63, 3.8) is 0 Å². The first-order valence-corrected chi connectivity index (χ1v) is 26.0. The summed E-state index contributed by atoms with van der Waals surface area (Å²) in [6.07, 6.45) is 29.5. The maximum atomic E-state index is 13.0. The van der Waals surface area contributed by atoms with Gasteiger partial charge in [0.2, 0.25) is 5.91 Å². The van der Waals surface area contributed by atoms with Crippen LogP contribution in [0.15, 0.2) is 36.5 Å². The number of carbonyl (C=O) groups excluding carboxylic acids is 1. The summed E-state index contributed by atoms with van der Waals surface area (Å²) in [7, 11) is -5.15. The molecule has 62 heavy (non-hydrogen) atoms. The molecular formula is C48H90NO12P. The van der Waals surface area contributed by atoms with Gasteiger partial charge in [-0.25, -0.2) is 4.57 Å². The molecule has 0 aromatic carbocycles. The summed E-state index contributed by atoms with van der Waals surface area (Å²) in [6, 6.07) is -1.26. The standard InChI is InChI=1S/C48H90NO12P/c1-3-5-7-9-11-13-15-17-19-20-21-22-23-25-27-29-31-33-35-39(50)37-42(52)49-40(38-60-62(58,59)61-48-46(56)44(54)43(53)45(55)47(48)57)41(51)36-34-32-30-28-26-24-18-16-14-12-10-8-6-4-2/h14,16,26,28,34,36,39-41,43-48,50-51,53-57H,3-13,15,17-25,27,29-33,35,37-38H2,1-2H3,(H,49,52)(H,58,59)/b16-14+,28-26+,36-34+. The number of hydrogen-bond acceptors (Lipinski definition) is 11. The fraction of sp³-hybridized carbons (Fsp3) is 0.854. The molecular weight excluding hydrogens is 813 g/mol. The molecule has 364 valence electrons. The van der Waals surface area contributed by atoms with Crippen LogP contribution in [0.5, 0.6) is 0 Å². The molecule has 0 aromatic heterocycles. The second-order valence-electron chi connectivity index (χ2n) is 17.5. The van der Waals surface area contributed by atoms with Crippen molar-refractivity contribution in [2.45, 2.75) is 255 Å². The smallest absolute Gasteiger partial charge is 0.393 e. The second kappa shape index (κ2) is 37.7. The highest BCUT2D eigenvalue weighted by atomic mass is 31.2. The van der Waals surface area contributed by atoms with E-state index in [2.05, 4.69) is 43.5 Å². The van der Waals surface area contributed by atoms with Gasteiger partial charge in [-0.05, 0) is 44.9 Å². The molecule has 0 saturated heterocycles. The van der Waals surface area contributed by atoms with Crippen molar-refractivity contribution in [2.24, 2.45) is 0 Å². The summed E-state index contributed by atoms with van der Waals surface area (Å²) in [5.74, 6) is -0.606. The maximum Gasteiger partial charge on any atom is 0.472 e. The third kappa shape index (κ3) is 29.1. The summed E-state index contributed by atoms with van der Waals surface area (Å²) in [5.41, 5.74) is 0. The molecule has 0 aromatic rings. The minimum atomic E-state index is -5.15. The van der Waals surface area contributed by atoms with E-state index in [0.717, 1.165) is 44.9 Å². The van der Waals surface area contributed by atoms with E-state index in [9.17, 15) is 50.0 Å². The number of aliphatic hydroxyl groups is 7. The van der Waals surface area contributed by atoms with E-state index in [4.69, 9.17) is 9.05 Å². The lowest BCUT2D eigenvalue weighted by Crippen LogP contribution is -2.64. The Morgan fingerprint density at radius 2 is 0.952 bits per heavy atom. The fourth-order valence-electron chi connectivity index (χ4n) is 7.68. The van der Waals surface area contributed by atoms with E-state index in [1.807, 2.05) is 0 Å². The van der Waals surface area contributed by atoms with E-state index >= 15 is 0 Å². The van der Waals surface area contributed by atoms with E-state index < -0.39 is 75.2 Å². The Labute approximate surface area is 375 Å². The van der Waals surface area contributed by atoms with Gasteiger partial charge in [0.15, 0.2) is 0 Å². The number of rotatable bonds is 40. The number of phosphoric ester groups is 1. The molecule has 8 atom stereocenters. The maximum absolute atomic E-state index is 13.0. The molecule has 0 spiro atoms.